The van der Waals surface area contributed by atoms with Gasteiger partial charge in [0.05, 0.1) is 13.9 Å². The van der Waals surface area contributed by atoms with Crippen molar-refractivity contribution in [2.45, 2.75) is 179 Å². The van der Waals surface area contributed by atoms with Gasteiger partial charge in [-0.3, -0.25) is 0 Å². The number of hydrogen-bond donors (Lipinski definition) is 0. The Balaban J connectivity index is -0.0000000452. The van der Waals surface area contributed by atoms with Crippen LogP contribution < -0.4 is 35.3 Å². The maximum absolute atomic E-state index is 9.85. The first-order valence-corrected chi connectivity index (χ1v) is 16.0. The molecule has 0 saturated carbocycles. The largest absolute Gasteiger partial charge is 4.00 e. The van der Waals surface area contributed by atoms with Gasteiger partial charge in [0.2, 0.25) is 0 Å². The first kappa shape index (κ1) is 66.2. The molecule has 42 heavy (non-hydrogen) atoms. The molecule has 0 N–H and O–H groups in total. The van der Waals surface area contributed by atoms with Crippen LogP contribution in [0.1, 0.15) is 130 Å². The summed E-state index contributed by atoms with van der Waals surface area (Å²) in [7, 11) is -4.08. The van der Waals surface area contributed by atoms with E-state index in [0.29, 0.717) is 27.7 Å². The molecule has 0 heterocycles. The zero-order valence-corrected chi connectivity index (χ0v) is 34.0. The van der Waals surface area contributed by atoms with E-state index >= 15 is 0 Å². The average molecular weight is 720 g/mol. The van der Waals surface area contributed by atoms with Crippen molar-refractivity contribution in [1.29, 1.82) is 0 Å². The second-order valence-corrected chi connectivity index (χ2v) is 11.4. The maximum Gasteiger partial charge on any atom is 4.00 e. The van der Waals surface area contributed by atoms with Crippen molar-refractivity contribution in [1.82, 2.24) is 0 Å². The average Bonchev–Trinajstić information content (AvgIpc) is 2.70. The van der Waals surface area contributed by atoms with Gasteiger partial charge in [0, 0.05) is 12.2 Å². The third-order valence-corrected chi connectivity index (χ3v) is 3.99. The van der Waals surface area contributed by atoms with E-state index in [-0.39, 0.29) is 43.4 Å². The summed E-state index contributed by atoms with van der Waals surface area (Å²) in [6.07, 6.45) is 0.634. The van der Waals surface area contributed by atoms with E-state index in [2.05, 4.69) is 18.4 Å². The van der Waals surface area contributed by atoms with Crippen molar-refractivity contribution in [3.63, 3.8) is 0 Å². The summed E-state index contributed by atoms with van der Waals surface area (Å²) in [6.45, 7) is 27.7. The van der Waals surface area contributed by atoms with Crippen LogP contribution in [0, 0.1) is 0 Å². The van der Waals surface area contributed by atoms with Gasteiger partial charge in [0.15, 0.2) is 0 Å². The van der Waals surface area contributed by atoms with Gasteiger partial charge in [0.1, 0.15) is 0 Å². The summed E-state index contributed by atoms with van der Waals surface area (Å²) in [6, 6.07) is 0. The molecule has 0 aliphatic heterocycles. The summed E-state index contributed by atoms with van der Waals surface area (Å²) in [4.78, 5) is 19.7. The van der Waals surface area contributed by atoms with Gasteiger partial charge in [-0.2, -0.15) is 0 Å². The third-order valence-electron chi connectivity index (χ3n) is 2.48. The van der Waals surface area contributed by atoms with Crippen molar-refractivity contribution in [3.8, 4) is 0 Å². The first-order valence-electron chi connectivity index (χ1n) is 13.8. The molecule has 0 radical (unpaired) electrons. The van der Waals surface area contributed by atoms with E-state index in [1.165, 1.54) is 6.92 Å². The zero-order valence-electron chi connectivity index (χ0n) is 29.1. The molecule has 3 unspecified atom stereocenters. The molecule has 0 aliphatic rings. The molecule has 0 rings (SSSR count). The molecule has 3 atom stereocenters. The minimum atomic E-state index is -4.74. The van der Waals surface area contributed by atoms with E-state index < -0.39 is 44.4 Å². The fourth-order valence-electron chi connectivity index (χ4n) is 0.616. The van der Waals surface area contributed by atoms with Gasteiger partial charge in [-0.1, -0.05) is 90.0 Å². The standard InChI is InChI=1S/C8H18O2P.C4H11O4P.5C3H7O.2Ti/c1-5-7(3)9-11-10-8(4)6-2;1-3-4(2)8-9(5,6)7;5*1-3(2)4;;/h7-8H,5-6H2,1-4H3;4H,3H2,1-2H3,(H2,5,6,7);5*3H,1-2H3;;/q-1;;5*-1;2*+4/p-2. The van der Waals surface area contributed by atoms with Gasteiger partial charge in [-0.25, -0.2) is 9.03 Å². The molecule has 0 spiro atoms. The molecule has 0 aromatic heterocycles. The van der Waals surface area contributed by atoms with Gasteiger partial charge in [0.25, 0.3) is 0 Å². The number of phosphoric acid groups is 1. The van der Waals surface area contributed by atoms with Crippen LogP contribution in [0.25, 0.3) is 0 Å². The molecule has 0 fully saturated rings. The second-order valence-electron chi connectivity index (χ2n) is 9.74. The predicted molar refractivity (Wildman–Crippen MR) is 153 cm³/mol. The van der Waals surface area contributed by atoms with Crippen LogP contribution in [0.4, 0.5) is 0 Å². The monoisotopic (exact) mass is 720 g/mol. The van der Waals surface area contributed by atoms with Gasteiger partial charge in [-0.05, 0) is 40.0 Å². The number of phosphoric ester groups is 1. The molecule has 0 bridgehead atoms. The maximum atomic E-state index is 9.85. The van der Waals surface area contributed by atoms with Crippen LogP contribution in [-0.2, 0) is 61.6 Å². The van der Waals surface area contributed by atoms with E-state index in [1.807, 2.05) is 13.8 Å². The van der Waals surface area contributed by atoms with Crippen LogP contribution in [-0.4, -0.2) is 48.8 Å². The first-order chi connectivity index (χ1) is 17.8. The summed E-state index contributed by atoms with van der Waals surface area (Å²) in [5.74, 6) is 0. The number of rotatable bonds is 9. The molecular weight excluding hydrogens is 658 g/mol. The van der Waals surface area contributed by atoms with E-state index in [1.54, 1.807) is 76.2 Å². The zero-order chi connectivity index (χ0) is 34.1. The Hall–Kier alpha value is 1.69. The summed E-state index contributed by atoms with van der Waals surface area (Å²) in [5.41, 5.74) is 0. The van der Waals surface area contributed by atoms with E-state index in [4.69, 9.17) is 9.05 Å². The van der Waals surface area contributed by atoms with Crippen molar-refractivity contribution >= 4 is 16.9 Å². The van der Waals surface area contributed by atoms with Gasteiger partial charge < -0.3 is 53.5 Å². The summed E-state index contributed by atoms with van der Waals surface area (Å²) < 4.78 is 24.5. The second kappa shape index (κ2) is 49.6. The van der Waals surface area contributed by atoms with Crippen LogP contribution >= 0.6 is 16.9 Å². The van der Waals surface area contributed by atoms with Gasteiger partial charge in [-0.15, -0.1) is 30.5 Å². The Bertz CT molecular complexity index is 415. The molecule has 0 saturated heterocycles. The molecule has 0 aliphatic carbocycles. The topological polar surface area (TPSA) is 206 Å². The molecule has 0 aromatic rings. The Morgan fingerprint density at radius 3 is 0.762 bits per heavy atom. The fourth-order valence-corrected chi connectivity index (χ4v) is 1.85. The predicted octanol–water partition coefficient (Wildman–Crippen LogP) is 1.79. The van der Waals surface area contributed by atoms with Crippen LogP contribution in [0.15, 0.2) is 0 Å². The van der Waals surface area contributed by atoms with Crippen molar-refractivity contribution in [2.75, 3.05) is 0 Å². The van der Waals surface area contributed by atoms with Gasteiger partial charge >= 0.3 is 43.4 Å². The van der Waals surface area contributed by atoms with Crippen LogP contribution in [0.5, 0.6) is 0 Å². The van der Waals surface area contributed by atoms with Crippen molar-refractivity contribution in [2.24, 2.45) is 0 Å². The van der Waals surface area contributed by atoms with Crippen molar-refractivity contribution < 1.29 is 96.9 Å². The smallest absolute Gasteiger partial charge is 0.852 e. The Morgan fingerprint density at radius 2 is 0.667 bits per heavy atom. The molecular formula is C27H62O11P2Ti2. The van der Waals surface area contributed by atoms with E-state index in [9.17, 15) is 39.9 Å². The van der Waals surface area contributed by atoms with E-state index in [0.717, 1.165) is 12.8 Å². The minimum absolute atomic E-state index is 0. The normalized spacial score (nSPS) is 12.2. The Kier molecular flexibility index (Phi) is 78.1. The van der Waals surface area contributed by atoms with Crippen LogP contribution in [0.2, 0.25) is 0 Å². The quantitative estimate of drug-likeness (QED) is 0.248. The molecule has 254 valence electrons. The SMILES string of the molecule is CC(C)[O-].CC(C)[O-].CC(C)[O-].CC(C)[O-].CC(C)[O-].CCC(C)OP(=O)([O-])[O-].CCC(C)O[P-]OC(C)CC.[Ti+4].[Ti+4]. The Morgan fingerprint density at radius 1 is 0.500 bits per heavy atom. The Labute approximate surface area is 291 Å². The minimum Gasteiger partial charge on any atom is -0.852 e. The molecule has 15 heteroatoms. The summed E-state index contributed by atoms with van der Waals surface area (Å²) >= 11 is 0. The fraction of sp³-hybridized carbons (Fsp3) is 1.00. The molecule has 0 aromatic carbocycles. The number of hydrogen-bond acceptors (Lipinski definition) is 11. The summed E-state index contributed by atoms with van der Waals surface area (Å²) in [5, 5.41) is 47.6. The van der Waals surface area contributed by atoms with Crippen molar-refractivity contribution in [3.05, 3.63) is 0 Å². The molecule has 11 nitrogen and oxygen atoms in total. The third kappa shape index (κ3) is 198. The van der Waals surface area contributed by atoms with Crippen LogP contribution in [0.3, 0.4) is 0 Å². The molecule has 0 amide bonds.